The highest BCUT2D eigenvalue weighted by molar-refractivity contribution is 6.08. The molecule has 7 nitrogen and oxygen atoms in total. The van der Waals surface area contributed by atoms with Crippen LogP contribution >= 0.6 is 0 Å². The molecular formula is C28H31N5O2. The highest BCUT2D eigenvalue weighted by Crippen LogP contribution is 2.34. The smallest absolute Gasteiger partial charge is 0.255 e. The lowest BCUT2D eigenvalue weighted by Crippen LogP contribution is -2.26. The molecule has 4 aromatic rings. The average Bonchev–Trinajstić information content (AvgIpc) is 3.58. The van der Waals surface area contributed by atoms with Crippen LogP contribution in [0.1, 0.15) is 54.1 Å². The number of anilines is 1. The van der Waals surface area contributed by atoms with Gasteiger partial charge in [0, 0.05) is 42.5 Å². The molecule has 2 aromatic carbocycles. The maximum atomic E-state index is 13.1. The number of aromatic nitrogens is 3. The fraction of sp³-hybridized carbons (Fsp3) is 0.321. The number of nitrogens with one attached hydrogen (secondary N) is 2. The topological polar surface area (TPSA) is 92.1 Å². The van der Waals surface area contributed by atoms with Crippen LogP contribution < -0.4 is 10.6 Å². The summed E-state index contributed by atoms with van der Waals surface area (Å²) in [4.78, 5) is 17.7. The SMILES string of the molecule is CCCCn1cc(-c2cc3c(NCc4ccccc4)c(C(=O)NC4CC4)cnc3cc2CO)cn1. The Morgan fingerprint density at radius 3 is 2.74 bits per heavy atom. The van der Waals surface area contributed by atoms with Gasteiger partial charge in [-0.2, -0.15) is 5.10 Å². The molecule has 0 saturated heterocycles. The Bertz CT molecular complexity index is 1330. The van der Waals surface area contributed by atoms with Crippen LogP contribution in [0, 0.1) is 0 Å². The van der Waals surface area contributed by atoms with Crippen LogP contribution in [0.5, 0.6) is 0 Å². The van der Waals surface area contributed by atoms with Gasteiger partial charge in [-0.25, -0.2) is 0 Å². The normalized spacial score (nSPS) is 13.2. The Morgan fingerprint density at radius 2 is 2.00 bits per heavy atom. The van der Waals surface area contributed by atoms with Crippen molar-refractivity contribution in [1.82, 2.24) is 20.1 Å². The van der Waals surface area contributed by atoms with Gasteiger partial charge in [0.2, 0.25) is 0 Å². The van der Waals surface area contributed by atoms with E-state index in [2.05, 4.69) is 39.8 Å². The Balaban J connectivity index is 1.59. The molecular weight excluding hydrogens is 438 g/mol. The van der Waals surface area contributed by atoms with Crippen molar-refractivity contribution in [3.63, 3.8) is 0 Å². The Kier molecular flexibility index (Phi) is 6.77. The van der Waals surface area contributed by atoms with Crippen LogP contribution in [-0.2, 0) is 19.7 Å². The van der Waals surface area contributed by atoms with Crippen LogP contribution in [0.3, 0.4) is 0 Å². The summed E-state index contributed by atoms with van der Waals surface area (Å²) in [6.07, 6.45) is 9.69. The number of hydrogen-bond acceptors (Lipinski definition) is 5. The van der Waals surface area contributed by atoms with Gasteiger partial charge in [0.25, 0.3) is 5.91 Å². The summed E-state index contributed by atoms with van der Waals surface area (Å²) in [6.45, 7) is 3.49. The van der Waals surface area contributed by atoms with Crippen LogP contribution in [-0.4, -0.2) is 31.8 Å². The predicted molar refractivity (Wildman–Crippen MR) is 138 cm³/mol. The minimum Gasteiger partial charge on any atom is -0.392 e. The monoisotopic (exact) mass is 469 g/mol. The first-order valence-electron chi connectivity index (χ1n) is 12.3. The Labute approximate surface area is 205 Å². The number of carbonyl (C=O) groups is 1. The molecule has 7 heteroatoms. The van der Waals surface area contributed by atoms with Gasteiger partial charge in [-0.3, -0.25) is 14.5 Å². The van der Waals surface area contributed by atoms with Crippen LogP contribution in [0.25, 0.3) is 22.0 Å². The molecule has 0 radical (unpaired) electrons. The van der Waals surface area contributed by atoms with Gasteiger partial charge < -0.3 is 15.7 Å². The first kappa shape index (κ1) is 23.1. The van der Waals surface area contributed by atoms with E-state index >= 15 is 0 Å². The lowest BCUT2D eigenvalue weighted by atomic mass is 9.97. The fourth-order valence-electron chi connectivity index (χ4n) is 4.27. The molecule has 35 heavy (non-hydrogen) atoms. The van der Waals surface area contributed by atoms with Gasteiger partial charge in [-0.15, -0.1) is 0 Å². The molecule has 2 heterocycles. The zero-order chi connectivity index (χ0) is 24.2. The summed E-state index contributed by atoms with van der Waals surface area (Å²) < 4.78 is 1.94. The minimum absolute atomic E-state index is 0.107. The predicted octanol–water partition coefficient (Wildman–Crippen LogP) is 4.90. The lowest BCUT2D eigenvalue weighted by Gasteiger charge is -2.17. The lowest BCUT2D eigenvalue weighted by molar-refractivity contribution is 0.0951. The van der Waals surface area contributed by atoms with E-state index in [1.165, 1.54) is 0 Å². The van der Waals surface area contributed by atoms with Crippen LogP contribution in [0.15, 0.2) is 61.1 Å². The van der Waals surface area contributed by atoms with Crippen molar-refractivity contribution in [1.29, 1.82) is 0 Å². The van der Waals surface area contributed by atoms with Gasteiger partial charge in [-0.1, -0.05) is 43.7 Å². The van der Waals surface area contributed by atoms with Crippen molar-refractivity contribution in [2.45, 2.75) is 58.3 Å². The molecule has 1 aliphatic carbocycles. The maximum Gasteiger partial charge on any atom is 0.255 e. The molecule has 2 aromatic heterocycles. The molecule has 180 valence electrons. The number of carbonyl (C=O) groups excluding carboxylic acids is 1. The second-order valence-electron chi connectivity index (χ2n) is 9.16. The second kappa shape index (κ2) is 10.3. The van der Waals surface area contributed by atoms with Crippen molar-refractivity contribution in [2.24, 2.45) is 0 Å². The number of rotatable bonds is 10. The molecule has 0 unspecified atom stereocenters. The molecule has 5 rings (SSSR count). The minimum atomic E-state index is -0.113. The summed E-state index contributed by atoms with van der Waals surface area (Å²) in [5.74, 6) is -0.113. The average molecular weight is 470 g/mol. The van der Waals surface area contributed by atoms with E-state index in [1.54, 1.807) is 6.20 Å². The number of nitrogens with zero attached hydrogens (tertiary/aromatic N) is 3. The molecule has 1 fully saturated rings. The number of amides is 1. The van der Waals surface area contributed by atoms with E-state index in [1.807, 2.05) is 47.4 Å². The van der Waals surface area contributed by atoms with Crippen molar-refractivity contribution in [2.75, 3.05) is 5.32 Å². The molecule has 1 aliphatic rings. The molecule has 3 N–H and O–H groups in total. The number of fused-ring (bicyclic) bond motifs is 1. The van der Waals surface area contributed by atoms with E-state index in [9.17, 15) is 9.90 Å². The third kappa shape index (κ3) is 5.20. The summed E-state index contributed by atoms with van der Waals surface area (Å²) in [5.41, 5.74) is 5.75. The highest BCUT2D eigenvalue weighted by Gasteiger charge is 2.26. The van der Waals surface area contributed by atoms with Gasteiger partial charge in [0.1, 0.15) is 0 Å². The Hall–Kier alpha value is -3.71. The molecule has 1 amide bonds. The summed E-state index contributed by atoms with van der Waals surface area (Å²) >= 11 is 0. The molecule has 0 atom stereocenters. The number of aliphatic hydroxyl groups excluding tert-OH is 1. The number of unbranched alkanes of at least 4 members (excludes halogenated alkanes) is 1. The first-order chi connectivity index (χ1) is 17.2. The second-order valence-corrected chi connectivity index (χ2v) is 9.16. The number of hydrogen-bond donors (Lipinski definition) is 3. The third-order valence-corrected chi connectivity index (χ3v) is 6.42. The van der Waals surface area contributed by atoms with Crippen molar-refractivity contribution in [3.8, 4) is 11.1 Å². The van der Waals surface area contributed by atoms with Gasteiger partial charge >= 0.3 is 0 Å². The molecule has 0 aliphatic heterocycles. The highest BCUT2D eigenvalue weighted by atomic mass is 16.3. The molecule has 0 spiro atoms. The third-order valence-electron chi connectivity index (χ3n) is 6.42. The number of aryl methyl sites for hydroxylation is 1. The summed E-state index contributed by atoms with van der Waals surface area (Å²) in [7, 11) is 0. The quantitative estimate of drug-likeness (QED) is 0.307. The van der Waals surface area contributed by atoms with E-state index in [4.69, 9.17) is 0 Å². The molecule has 1 saturated carbocycles. The van der Waals surface area contributed by atoms with Crippen molar-refractivity contribution in [3.05, 3.63) is 77.7 Å². The molecule has 0 bridgehead atoms. The van der Waals surface area contributed by atoms with E-state index in [0.717, 1.165) is 71.1 Å². The largest absolute Gasteiger partial charge is 0.392 e. The maximum absolute atomic E-state index is 13.1. The number of aliphatic hydroxyl groups is 1. The zero-order valence-corrected chi connectivity index (χ0v) is 20.0. The van der Waals surface area contributed by atoms with E-state index in [0.29, 0.717) is 12.1 Å². The van der Waals surface area contributed by atoms with Crippen molar-refractivity contribution < 1.29 is 9.90 Å². The van der Waals surface area contributed by atoms with Gasteiger partial charge in [0.15, 0.2) is 0 Å². The van der Waals surface area contributed by atoms with Crippen LogP contribution in [0.4, 0.5) is 5.69 Å². The zero-order valence-electron chi connectivity index (χ0n) is 20.0. The number of benzene rings is 2. The van der Waals surface area contributed by atoms with Crippen LogP contribution in [0.2, 0.25) is 0 Å². The summed E-state index contributed by atoms with van der Waals surface area (Å²) in [5, 5.41) is 22.1. The first-order valence-corrected chi connectivity index (χ1v) is 12.3. The van der Waals surface area contributed by atoms with Gasteiger partial charge in [0.05, 0.1) is 29.6 Å². The summed E-state index contributed by atoms with van der Waals surface area (Å²) in [6, 6.07) is 14.3. The van der Waals surface area contributed by atoms with Gasteiger partial charge in [-0.05, 0) is 48.1 Å². The Morgan fingerprint density at radius 1 is 1.17 bits per heavy atom. The van der Waals surface area contributed by atoms with Crippen molar-refractivity contribution >= 4 is 22.5 Å². The number of pyridine rings is 1. The van der Waals surface area contributed by atoms with E-state index in [-0.39, 0.29) is 18.6 Å². The van der Waals surface area contributed by atoms with E-state index < -0.39 is 0 Å². The fourth-order valence-corrected chi connectivity index (χ4v) is 4.27. The standard InChI is InChI=1S/C28H31N5O2/c1-2-3-11-33-17-21(15-31-33)23-13-24-26(12-20(23)18-34)29-16-25(28(35)32-22-9-10-22)27(24)30-14-19-7-5-4-6-8-19/h4-8,12-13,15-17,22,34H,2-3,9-11,14,18H2,1H3,(H,29,30)(H,32,35).